The Labute approximate surface area is 173 Å². The topological polar surface area (TPSA) is 82.5 Å². The molecular weight excluding hydrogens is 390 g/mol. The lowest BCUT2D eigenvalue weighted by atomic mass is 10.2. The molecule has 0 unspecified atom stereocenters. The summed E-state index contributed by atoms with van der Waals surface area (Å²) in [5.41, 5.74) is 1.03. The number of aromatic nitrogens is 2. The zero-order valence-corrected chi connectivity index (χ0v) is 17.6. The second-order valence-corrected chi connectivity index (χ2v) is 7.53. The van der Waals surface area contributed by atoms with E-state index in [1.165, 1.54) is 18.9 Å². The molecule has 1 aromatic heterocycles. The van der Waals surface area contributed by atoms with Crippen LogP contribution in [-0.4, -0.2) is 35.4 Å². The van der Waals surface area contributed by atoms with Crippen molar-refractivity contribution in [3.63, 3.8) is 0 Å². The Morgan fingerprint density at radius 2 is 1.93 bits per heavy atom. The van der Waals surface area contributed by atoms with Gasteiger partial charge in [0.25, 0.3) is 5.56 Å². The van der Waals surface area contributed by atoms with Gasteiger partial charge in [-0.1, -0.05) is 23.9 Å². The molecule has 0 atom stereocenters. The molecule has 0 aliphatic heterocycles. The van der Waals surface area contributed by atoms with Crippen LogP contribution in [0.15, 0.2) is 52.4 Å². The first kappa shape index (κ1) is 20.7. The maximum Gasteiger partial charge on any atom is 0.262 e. The SMILES string of the molecule is COc1ccc(OC)c(NC(=O)CSc2nc3ccccc3c(=O)n2C(C)C)c1. The Kier molecular flexibility index (Phi) is 6.43. The molecule has 0 fully saturated rings. The van der Waals surface area contributed by atoms with E-state index in [1.807, 2.05) is 26.0 Å². The highest BCUT2D eigenvalue weighted by Crippen LogP contribution is 2.29. The molecular formula is C21H23N3O4S. The van der Waals surface area contributed by atoms with Crippen LogP contribution in [0.25, 0.3) is 10.9 Å². The van der Waals surface area contributed by atoms with Gasteiger partial charge in [-0.3, -0.25) is 14.2 Å². The first-order chi connectivity index (χ1) is 13.9. The first-order valence-electron chi connectivity index (χ1n) is 9.10. The average molecular weight is 413 g/mol. The standard InChI is InChI=1S/C21H23N3O4S/c1-13(2)24-20(26)15-7-5-6-8-16(15)23-21(24)29-12-19(25)22-17-11-14(27-3)9-10-18(17)28-4/h5-11,13H,12H2,1-4H3,(H,22,25). The van der Waals surface area contributed by atoms with Crippen LogP contribution in [0.3, 0.4) is 0 Å². The van der Waals surface area contributed by atoms with Gasteiger partial charge in [0.2, 0.25) is 5.91 Å². The van der Waals surface area contributed by atoms with Gasteiger partial charge in [0.15, 0.2) is 5.16 Å². The molecule has 0 radical (unpaired) electrons. The van der Waals surface area contributed by atoms with Crippen LogP contribution in [0.5, 0.6) is 11.5 Å². The molecule has 3 rings (SSSR count). The van der Waals surface area contributed by atoms with Gasteiger partial charge in [-0.2, -0.15) is 0 Å². The van der Waals surface area contributed by atoms with E-state index in [0.717, 1.165) is 0 Å². The van der Waals surface area contributed by atoms with Crippen LogP contribution >= 0.6 is 11.8 Å². The molecule has 1 amide bonds. The van der Waals surface area contributed by atoms with E-state index in [4.69, 9.17) is 9.47 Å². The normalized spacial score (nSPS) is 10.9. The number of hydrogen-bond donors (Lipinski definition) is 1. The fraction of sp³-hybridized carbons (Fsp3) is 0.286. The molecule has 0 saturated heterocycles. The Morgan fingerprint density at radius 1 is 1.17 bits per heavy atom. The minimum Gasteiger partial charge on any atom is -0.497 e. The maximum atomic E-state index is 12.9. The van der Waals surface area contributed by atoms with E-state index in [-0.39, 0.29) is 23.3 Å². The molecule has 1 heterocycles. The number of carbonyl (C=O) groups is 1. The number of para-hydroxylation sites is 1. The molecule has 0 spiro atoms. The van der Waals surface area contributed by atoms with Crippen LogP contribution in [0.1, 0.15) is 19.9 Å². The second-order valence-electron chi connectivity index (χ2n) is 6.58. The molecule has 0 bridgehead atoms. The lowest BCUT2D eigenvalue weighted by Gasteiger charge is -2.16. The number of anilines is 1. The lowest BCUT2D eigenvalue weighted by molar-refractivity contribution is -0.113. The van der Waals surface area contributed by atoms with Crippen molar-refractivity contribution in [2.24, 2.45) is 0 Å². The van der Waals surface area contributed by atoms with Gasteiger partial charge in [0, 0.05) is 12.1 Å². The number of thioether (sulfide) groups is 1. The third kappa shape index (κ3) is 4.54. The number of nitrogens with one attached hydrogen (secondary N) is 1. The number of carbonyl (C=O) groups excluding carboxylic acids is 1. The summed E-state index contributed by atoms with van der Waals surface area (Å²) in [5.74, 6) is 1.00. The minimum atomic E-state index is -0.237. The Hall–Kier alpha value is -3.00. The number of fused-ring (bicyclic) bond motifs is 1. The van der Waals surface area contributed by atoms with Crippen molar-refractivity contribution in [2.75, 3.05) is 25.3 Å². The van der Waals surface area contributed by atoms with E-state index in [1.54, 1.807) is 42.0 Å². The summed E-state index contributed by atoms with van der Waals surface area (Å²) in [7, 11) is 3.09. The van der Waals surface area contributed by atoms with Crippen LogP contribution in [0, 0.1) is 0 Å². The molecule has 8 heteroatoms. The van der Waals surface area contributed by atoms with Gasteiger partial charge in [0.05, 0.1) is 36.6 Å². The average Bonchev–Trinajstić information content (AvgIpc) is 2.72. The number of rotatable bonds is 7. The highest BCUT2D eigenvalue weighted by Gasteiger charge is 2.16. The van der Waals surface area contributed by atoms with Gasteiger partial charge in [-0.25, -0.2) is 4.98 Å². The molecule has 152 valence electrons. The smallest absolute Gasteiger partial charge is 0.262 e. The van der Waals surface area contributed by atoms with E-state index in [9.17, 15) is 9.59 Å². The summed E-state index contributed by atoms with van der Waals surface area (Å²) in [6.45, 7) is 3.84. The molecule has 0 aliphatic rings. The van der Waals surface area contributed by atoms with Crippen molar-refractivity contribution in [3.8, 4) is 11.5 Å². The van der Waals surface area contributed by atoms with Gasteiger partial charge in [-0.15, -0.1) is 0 Å². The van der Waals surface area contributed by atoms with Crippen LogP contribution in [0.2, 0.25) is 0 Å². The first-order valence-corrected chi connectivity index (χ1v) is 10.1. The van der Waals surface area contributed by atoms with E-state index in [2.05, 4.69) is 10.3 Å². The molecule has 3 aromatic rings. The monoisotopic (exact) mass is 413 g/mol. The minimum absolute atomic E-state index is 0.0800. The number of amides is 1. The third-order valence-electron chi connectivity index (χ3n) is 4.30. The fourth-order valence-electron chi connectivity index (χ4n) is 2.91. The number of ether oxygens (including phenoxy) is 2. The van der Waals surface area contributed by atoms with E-state index in [0.29, 0.717) is 33.2 Å². The number of benzene rings is 2. The summed E-state index contributed by atoms with van der Waals surface area (Å²) >= 11 is 1.22. The quantitative estimate of drug-likeness (QED) is 0.470. The Balaban J connectivity index is 1.83. The molecule has 2 aromatic carbocycles. The zero-order valence-electron chi connectivity index (χ0n) is 16.8. The summed E-state index contributed by atoms with van der Waals surface area (Å²) in [4.78, 5) is 30.0. The highest BCUT2D eigenvalue weighted by molar-refractivity contribution is 7.99. The third-order valence-corrected chi connectivity index (χ3v) is 5.26. The van der Waals surface area contributed by atoms with Crippen LogP contribution in [0.4, 0.5) is 5.69 Å². The van der Waals surface area contributed by atoms with Crippen molar-refractivity contribution in [2.45, 2.75) is 25.0 Å². The van der Waals surface area contributed by atoms with Crippen molar-refractivity contribution >= 4 is 34.3 Å². The summed E-state index contributed by atoms with van der Waals surface area (Å²) in [6, 6.07) is 12.3. The van der Waals surface area contributed by atoms with Crippen LogP contribution in [-0.2, 0) is 4.79 Å². The van der Waals surface area contributed by atoms with Crippen molar-refractivity contribution in [3.05, 3.63) is 52.8 Å². The molecule has 29 heavy (non-hydrogen) atoms. The van der Waals surface area contributed by atoms with Crippen LogP contribution < -0.4 is 20.3 Å². The van der Waals surface area contributed by atoms with Gasteiger partial charge in [0.1, 0.15) is 11.5 Å². The van der Waals surface area contributed by atoms with Crippen molar-refractivity contribution < 1.29 is 14.3 Å². The number of nitrogens with zero attached hydrogens (tertiary/aromatic N) is 2. The van der Waals surface area contributed by atoms with Crippen molar-refractivity contribution in [1.29, 1.82) is 0 Å². The predicted molar refractivity (Wildman–Crippen MR) is 115 cm³/mol. The van der Waals surface area contributed by atoms with Crippen molar-refractivity contribution in [1.82, 2.24) is 9.55 Å². The lowest BCUT2D eigenvalue weighted by Crippen LogP contribution is -2.25. The number of methoxy groups -OCH3 is 2. The van der Waals surface area contributed by atoms with Gasteiger partial charge < -0.3 is 14.8 Å². The molecule has 7 nitrogen and oxygen atoms in total. The molecule has 0 aliphatic carbocycles. The Bertz CT molecular complexity index is 1090. The summed E-state index contributed by atoms with van der Waals surface area (Å²) in [5, 5.41) is 3.90. The summed E-state index contributed by atoms with van der Waals surface area (Å²) in [6.07, 6.45) is 0. The zero-order chi connectivity index (χ0) is 21.0. The summed E-state index contributed by atoms with van der Waals surface area (Å²) < 4.78 is 12.1. The second kappa shape index (κ2) is 9.00. The van der Waals surface area contributed by atoms with Gasteiger partial charge >= 0.3 is 0 Å². The Morgan fingerprint density at radius 3 is 2.62 bits per heavy atom. The molecule has 1 N–H and O–H groups in total. The largest absolute Gasteiger partial charge is 0.497 e. The predicted octanol–water partition coefficient (Wildman–Crippen LogP) is 3.73. The van der Waals surface area contributed by atoms with E-state index < -0.39 is 0 Å². The maximum absolute atomic E-state index is 12.9. The fourth-order valence-corrected chi connectivity index (χ4v) is 3.84. The number of hydrogen-bond acceptors (Lipinski definition) is 6. The highest BCUT2D eigenvalue weighted by atomic mass is 32.2. The van der Waals surface area contributed by atoms with E-state index >= 15 is 0 Å². The van der Waals surface area contributed by atoms with Gasteiger partial charge in [-0.05, 0) is 38.1 Å². The molecule has 0 saturated carbocycles.